The summed E-state index contributed by atoms with van der Waals surface area (Å²) in [6.45, 7) is 2.26. The van der Waals surface area contributed by atoms with Crippen LogP contribution in [0.2, 0.25) is 0 Å². The van der Waals surface area contributed by atoms with Crippen molar-refractivity contribution in [3.8, 4) is 0 Å². The van der Waals surface area contributed by atoms with E-state index >= 15 is 0 Å². The maximum atomic E-state index is 12.1. The summed E-state index contributed by atoms with van der Waals surface area (Å²) in [6, 6.07) is 0.282. The maximum absolute atomic E-state index is 12.1. The number of carbonyl (C=O) groups is 1. The maximum Gasteiger partial charge on any atom is 0.220 e. The number of amidine groups is 1. The molecule has 0 unspecified atom stereocenters. The number of nitrogens with two attached hydrogens (primary N) is 1. The van der Waals surface area contributed by atoms with Crippen LogP contribution in [0, 0.1) is 5.92 Å². The molecule has 0 atom stereocenters. The summed E-state index contributed by atoms with van der Waals surface area (Å²) < 4.78 is 0. The first-order valence-corrected chi connectivity index (χ1v) is 8.15. The molecule has 0 aromatic heterocycles. The van der Waals surface area contributed by atoms with Crippen molar-refractivity contribution in [1.82, 2.24) is 10.2 Å². The highest BCUT2D eigenvalue weighted by atomic mass is 16.4. The number of hydrogen-bond acceptors (Lipinski definition) is 4. The van der Waals surface area contributed by atoms with Crippen molar-refractivity contribution in [2.24, 2.45) is 16.8 Å². The molecule has 21 heavy (non-hydrogen) atoms. The van der Waals surface area contributed by atoms with Gasteiger partial charge in [0, 0.05) is 25.6 Å². The summed E-state index contributed by atoms with van der Waals surface area (Å²) in [5.74, 6) is 1.06. The smallest absolute Gasteiger partial charge is 0.220 e. The average Bonchev–Trinajstić information content (AvgIpc) is 2.50. The van der Waals surface area contributed by atoms with Crippen LogP contribution in [0.1, 0.15) is 51.4 Å². The zero-order valence-corrected chi connectivity index (χ0v) is 12.8. The van der Waals surface area contributed by atoms with Crippen molar-refractivity contribution >= 4 is 11.7 Å². The zero-order chi connectivity index (χ0) is 15.1. The van der Waals surface area contributed by atoms with Gasteiger partial charge in [-0.05, 0) is 31.6 Å². The molecule has 6 heteroatoms. The molecule has 4 N–H and O–H groups in total. The molecule has 1 amide bonds. The van der Waals surface area contributed by atoms with Crippen LogP contribution >= 0.6 is 0 Å². The molecule has 1 aliphatic carbocycles. The number of likely N-dealkylation sites (tertiary alicyclic amines) is 1. The average molecular weight is 296 g/mol. The van der Waals surface area contributed by atoms with Gasteiger partial charge in [-0.3, -0.25) is 9.69 Å². The highest BCUT2D eigenvalue weighted by molar-refractivity contribution is 5.81. The van der Waals surface area contributed by atoms with Crippen LogP contribution in [0.5, 0.6) is 0 Å². The van der Waals surface area contributed by atoms with Crippen LogP contribution in [0.15, 0.2) is 5.16 Å². The molecule has 1 heterocycles. The fourth-order valence-electron chi connectivity index (χ4n) is 3.44. The molecule has 6 nitrogen and oxygen atoms in total. The molecule has 1 saturated heterocycles. The Balaban J connectivity index is 1.64. The summed E-state index contributed by atoms with van der Waals surface area (Å²) in [6.07, 6.45) is 8.90. The Morgan fingerprint density at radius 2 is 1.86 bits per heavy atom. The summed E-state index contributed by atoms with van der Waals surface area (Å²) in [5.41, 5.74) is 5.51. The van der Waals surface area contributed by atoms with Crippen molar-refractivity contribution in [2.75, 3.05) is 19.6 Å². The molecule has 0 aromatic rings. The Bertz CT molecular complexity index is 359. The van der Waals surface area contributed by atoms with E-state index < -0.39 is 0 Å². The van der Waals surface area contributed by atoms with Crippen LogP contribution in [0.25, 0.3) is 0 Å². The molecular weight excluding hydrogens is 268 g/mol. The molecule has 1 saturated carbocycles. The number of piperidine rings is 1. The summed E-state index contributed by atoms with van der Waals surface area (Å²) >= 11 is 0. The lowest BCUT2D eigenvalue weighted by Crippen LogP contribution is -2.47. The minimum Gasteiger partial charge on any atom is -0.409 e. The Labute approximate surface area is 126 Å². The molecule has 2 fully saturated rings. The van der Waals surface area contributed by atoms with Gasteiger partial charge in [-0.2, -0.15) is 0 Å². The van der Waals surface area contributed by atoms with E-state index in [1.165, 1.54) is 32.1 Å². The Kier molecular flexibility index (Phi) is 6.29. The Morgan fingerprint density at radius 3 is 2.48 bits per heavy atom. The Hall–Kier alpha value is -1.30. The van der Waals surface area contributed by atoms with Crippen molar-refractivity contribution in [1.29, 1.82) is 0 Å². The fraction of sp³-hybridized carbons (Fsp3) is 0.867. The molecule has 1 aliphatic heterocycles. The largest absolute Gasteiger partial charge is 0.409 e. The lowest BCUT2D eigenvalue weighted by atomic mass is 9.86. The number of amides is 1. The van der Waals surface area contributed by atoms with Crippen LogP contribution in [0.3, 0.4) is 0 Å². The van der Waals surface area contributed by atoms with Crippen molar-refractivity contribution in [3.63, 3.8) is 0 Å². The SMILES string of the molecule is NC(CN1CCC(NC(=O)CC2CCCCC2)CC1)=NO. The summed E-state index contributed by atoms with van der Waals surface area (Å²) in [5, 5.41) is 14.7. The third-order valence-electron chi connectivity index (χ3n) is 4.67. The van der Waals surface area contributed by atoms with E-state index in [4.69, 9.17) is 10.9 Å². The number of oxime groups is 1. The van der Waals surface area contributed by atoms with Crippen molar-refractivity contribution < 1.29 is 10.0 Å². The van der Waals surface area contributed by atoms with Crippen LogP contribution < -0.4 is 11.1 Å². The van der Waals surface area contributed by atoms with Crippen LogP contribution in [-0.2, 0) is 4.79 Å². The minimum absolute atomic E-state index is 0.219. The first kappa shape index (κ1) is 16.1. The third-order valence-corrected chi connectivity index (χ3v) is 4.67. The minimum atomic E-state index is 0.219. The molecule has 120 valence electrons. The lowest BCUT2D eigenvalue weighted by Gasteiger charge is -2.32. The number of carbonyl (C=O) groups excluding carboxylic acids is 1. The second-order valence-corrected chi connectivity index (χ2v) is 6.42. The molecule has 0 spiro atoms. The van der Waals surface area contributed by atoms with Gasteiger partial charge >= 0.3 is 0 Å². The Morgan fingerprint density at radius 1 is 1.19 bits per heavy atom. The highest BCUT2D eigenvalue weighted by Gasteiger charge is 2.23. The van der Waals surface area contributed by atoms with Gasteiger partial charge in [0.25, 0.3) is 0 Å². The highest BCUT2D eigenvalue weighted by Crippen LogP contribution is 2.26. The van der Waals surface area contributed by atoms with E-state index in [-0.39, 0.29) is 17.8 Å². The monoisotopic (exact) mass is 296 g/mol. The number of hydrogen-bond donors (Lipinski definition) is 3. The fourth-order valence-corrected chi connectivity index (χ4v) is 3.44. The molecule has 2 aliphatic rings. The molecule has 2 rings (SSSR count). The molecular formula is C15H28N4O2. The van der Waals surface area contributed by atoms with Gasteiger partial charge in [-0.1, -0.05) is 24.4 Å². The van der Waals surface area contributed by atoms with Gasteiger partial charge in [0.15, 0.2) is 5.84 Å². The van der Waals surface area contributed by atoms with E-state index in [0.29, 0.717) is 18.9 Å². The van der Waals surface area contributed by atoms with Crippen molar-refractivity contribution in [2.45, 2.75) is 57.4 Å². The molecule has 0 bridgehead atoms. The predicted octanol–water partition coefficient (Wildman–Crippen LogP) is 1.28. The number of nitrogens with zero attached hydrogens (tertiary/aromatic N) is 2. The van der Waals surface area contributed by atoms with Gasteiger partial charge < -0.3 is 16.3 Å². The van der Waals surface area contributed by atoms with Gasteiger partial charge in [-0.15, -0.1) is 0 Å². The van der Waals surface area contributed by atoms with E-state index in [9.17, 15) is 4.79 Å². The summed E-state index contributed by atoms with van der Waals surface area (Å²) in [7, 11) is 0. The normalized spacial score (nSPS) is 23.1. The van der Waals surface area contributed by atoms with Gasteiger partial charge in [0.05, 0.1) is 6.54 Å². The molecule has 0 radical (unpaired) electrons. The second-order valence-electron chi connectivity index (χ2n) is 6.42. The van der Waals surface area contributed by atoms with E-state index in [1.54, 1.807) is 0 Å². The first-order valence-electron chi connectivity index (χ1n) is 8.15. The third kappa shape index (κ3) is 5.53. The van der Waals surface area contributed by atoms with Gasteiger partial charge in [0.1, 0.15) is 0 Å². The quantitative estimate of drug-likeness (QED) is 0.308. The van der Waals surface area contributed by atoms with Crippen LogP contribution in [-0.4, -0.2) is 47.5 Å². The predicted molar refractivity (Wildman–Crippen MR) is 82.2 cm³/mol. The van der Waals surface area contributed by atoms with E-state index in [2.05, 4.69) is 15.4 Å². The van der Waals surface area contributed by atoms with Crippen molar-refractivity contribution in [3.05, 3.63) is 0 Å². The standard InChI is InChI=1S/C15H28N4O2/c16-14(18-21)11-19-8-6-13(7-9-19)17-15(20)10-12-4-2-1-3-5-12/h12-13,21H,1-11H2,(H2,16,18)(H,17,20). The van der Waals surface area contributed by atoms with Gasteiger partial charge in [-0.25, -0.2) is 0 Å². The second kappa shape index (κ2) is 8.22. The number of rotatable bonds is 5. The lowest BCUT2D eigenvalue weighted by molar-refractivity contribution is -0.123. The molecule has 0 aromatic carbocycles. The van der Waals surface area contributed by atoms with Crippen LogP contribution in [0.4, 0.5) is 0 Å². The van der Waals surface area contributed by atoms with Gasteiger partial charge in [0.2, 0.25) is 5.91 Å². The topological polar surface area (TPSA) is 91.0 Å². The first-order chi connectivity index (χ1) is 10.2. The van der Waals surface area contributed by atoms with E-state index in [1.807, 2.05) is 0 Å². The summed E-state index contributed by atoms with van der Waals surface area (Å²) in [4.78, 5) is 14.2. The van der Waals surface area contributed by atoms with E-state index in [0.717, 1.165) is 25.9 Å². The number of nitrogens with one attached hydrogen (secondary N) is 1. The zero-order valence-electron chi connectivity index (χ0n) is 12.8.